The fourth-order valence-electron chi connectivity index (χ4n) is 10.9. The third kappa shape index (κ3) is 25.7. The zero-order valence-electron chi connectivity index (χ0n) is 54.4. The van der Waals surface area contributed by atoms with Gasteiger partial charge in [-0.25, -0.2) is 20.0 Å². The van der Waals surface area contributed by atoms with E-state index in [-0.39, 0.29) is 65.8 Å². The number of carboxylic acid groups (broad SMARTS) is 3. The third-order valence-electron chi connectivity index (χ3n) is 15.7. The summed E-state index contributed by atoms with van der Waals surface area (Å²) >= 11 is 10.2. The first kappa shape index (κ1) is 82.8. The van der Waals surface area contributed by atoms with Gasteiger partial charge in [0.1, 0.15) is 4.90 Å². The number of nitrogens with zero attached hydrogens (tertiary/aromatic N) is 4. The van der Waals surface area contributed by atoms with Gasteiger partial charge in [-0.3, -0.25) is 37.9 Å². The van der Waals surface area contributed by atoms with Gasteiger partial charge in [0.25, 0.3) is 20.2 Å². The molecule has 0 spiro atoms. The molecule has 102 heavy (non-hydrogen) atoms. The van der Waals surface area contributed by atoms with Crippen LogP contribution in [0.25, 0.3) is 41.6 Å². The van der Waals surface area contributed by atoms with E-state index in [0.29, 0.717) is 64.4 Å². The summed E-state index contributed by atoms with van der Waals surface area (Å²) < 4.78 is 120. The van der Waals surface area contributed by atoms with Gasteiger partial charge >= 0.3 is 39.1 Å². The van der Waals surface area contributed by atoms with Crippen LogP contribution in [0, 0.1) is 35.5 Å². The third-order valence-corrected chi connectivity index (χ3v) is 21.9. The monoisotopic (exact) mass is 1570 g/mol. The first-order valence-electron chi connectivity index (χ1n) is 31.1. The molecule has 2 heterocycles. The number of amides is 3. The number of aliphatic carboxylic acids is 3. The lowest BCUT2D eigenvalue weighted by Gasteiger charge is -2.30. The van der Waals surface area contributed by atoms with Crippen molar-refractivity contribution in [1.82, 2.24) is 25.9 Å². The standard InChI is InChI=1S/C65H71N7O15S7.2O3S/c1-3-9-46(64(78)79)47(62(75)66-24-27-88)36-48(65(80)81)45(61(74)68-26-31-90-29-23-40-33-54-58(91-55-14-6-4-12-49(55)71-54)37-52(40)70-41-10-8-11-43(34-41)93(82,83)84)19-18-44(63(76)77)38(2)60(73)67-25-30-89-28-22-39-16-21-56-53(32-39)72-50-20-17-42(35-57(50)92-56)69-51-13-5-7-15-59(51)94(85,86)87;2*1-4(2)3/h4-8,10-17,20-21,32-35,37-38,44-48,88H,3,9,18-19,22-31,36H2,1-2H3,(H,66,75)(H,67,73)(H,68,74)(H,76,77)(H,78,79)(H,80,81)(H,82,83,84)(H,85,86,87);;. The van der Waals surface area contributed by atoms with Gasteiger partial charge in [-0.05, 0) is 146 Å². The molecule has 8 rings (SSSR count). The second kappa shape index (κ2) is 40.1. The van der Waals surface area contributed by atoms with Crippen molar-refractivity contribution >= 4 is 168 Å². The Morgan fingerprint density at radius 2 is 1.14 bits per heavy atom. The molecule has 2 aliphatic carbocycles. The minimum Gasteiger partial charge on any atom is -0.481 e. The molecule has 6 atom stereocenters. The van der Waals surface area contributed by atoms with E-state index in [0.717, 1.165) is 41.3 Å². The lowest BCUT2D eigenvalue weighted by Crippen LogP contribution is -2.45. The van der Waals surface area contributed by atoms with Crippen LogP contribution in [0.3, 0.4) is 0 Å². The number of hydrogen-bond donors (Lipinski definition) is 9. The first-order valence-corrected chi connectivity index (χ1v) is 40.5. The zero-order valence-corrected chi connectivity index (χ0v) is 61.8. The van der Waals surface area contributed by atoms with Crippen LogP contribution in [0.5, 0.6) is 0 Å². The molecule has 6 unspecified atom stereocenters. The van der Waals surface area contributed by atoms with Gasteiger partial charge in [0.2, 0.25) is 17.7 Å². The Hall–Kier alpha value is -8.11. The molecular weight excluding hydrogens is 1500 g/mol. The molecule has 0 saturated carbocycles. The largest absolute Gasteiger partial charge is 0.481 e. The van der Waals surface area contributed by atoms with Gasteiger partial charge in [0.05, 0.1) is 98.1 Å². The van der Waals surface area contributed by atoms with E-state index in [1.807, 2.05) is 54.6 Å². The normalized spacial score (nSPS) is 13.7. The highest BCUT2D eigenvalue weighted by molar-refractivity contribution is 7.99. The van der Waals surface area contributed by atoms with Gasteiger partial charge in [-0.15, -0.1) is 47.9 Å². The highest BCUT2D eigenvalue weighted by atomic mass is 32.2. The number of aromatic nitrogens is 2. The van der Waals surface area contributed by atoms with Crippen LogP contribution in [-0.2, 0) is 83.1 Å². The van der Waals surface area contributed by atoms with E-state index in [4.69, 9.17) is 40.2 Å². The summed E-state index contributed by atoms with van der Waals surface area (Å²) in [5.41, 5.74) is 5.18. The van der Waals surface area contributed by atoms with Gasteiger partial charge < -0.3 is 31.3 Å². The van der Waals surface area contributed by atoms with Crippen molar-refractivity contribution in [3.63, 3.8) is 0 Å². The summed E-state index contributed by atoms with van der Waals surface area (Å²) in [6, 6.07) is 34.2. The van der Waals surface area contributed by atoms with Crippen molar-refractivity contribution < 1.29 is 95.3 Å². The van der Waals surface area contributed by atoms with Crippen molar-refractivity contribution in [1.29, 1.82) is 0 Å². The van der Waals surface area contributed by atoms with E-state index in [1.54, 1.807) is 49.0 Å². The smallest absolute Gasteiger partial charge is 0.425 e. The number of hydrogen-bond acceptors (Lipinski definition) is 25. The van der Waals surface area contributed by atoms with Gasteiger partial charge in [0.15, 0.2) is 0 Å². The number of benzene rings is 6. The summed E-state index contributed by atoms with van der Waals surface area (Å²) in [6.07, 6.45) is 0.245. The predicted octanol–water partition coefficient (Wildman–Crippen LogP) is 7.54. The molecule has 4 aromatic rings. The summed E-state index contributed by atoms with van der Waals surface area (Å²) in [5.74, 6) is -12.4. The van der Waals surface area contributed by atoms with Crippen LogP contribution in [0.1, 0.15) is 57.1 Å². The summed E-state index contributed by atoms with van der Waals surface area (Å²) in [5, 5.41) is 41.1. The summed E-state index contributed by atoms with van der Waals surface area (Å²) in [6.45, 7) is 3.45. The minimum absolute atomic E-state index is 0.0258. The average molecular weight is 1570 g/mol. The molecule has 3 amide bonds. The SMILES string of the molecule is CCCC(C(=O)O)C(CC(C(=O)O)C(CCC(C(=O)O)C(C)C(=O)NCCSCCc1ccc2sc3cc(=Nc4ccccc4S(=O)(=O)O)ccc-3nc2c1)C(=O)NCCSCCc1cc2nc3ccccc3sc-2cc1=Nc1cccc(S(=O)(=O)O)c1)C(=O)NCCS.O=S(=O)=O.O=S(=O)=O. The molecule has 0 fully saturated rings. The molecule has 8 N–H and O–H groups in total. The van der Waals surface area contributed by atoms with Crippen molar-refractivity contribution in [2.24, 2.45) is 45.5 Å². The highest BCUT2D eigenvalue weighted by Crippen LogP contribution is 2.36. The number of thiol groups is 1. The van der Waals surface area contributed by atoms with Gasteiger partial charge in [-0.1, -0.05) is 56.7 Å². The maximum Gasteiger partial charge on any atom is 0.425 e. The predicted molar refractivity (Wildman–Crippen MR) is 388 cm³/mol. The average Bonchev–Trinajstić information content (AvgIpc) is 0.792. The molecule has 37 heteroatoms. The summed E-state index contributed by atoms with van der Waals surface area (Å²) in [4.78, 5) is 101. The molecule has 2 aliphatic heterocycles. The van der Waals surface area contributed by atoms with Crippen molar-refractivity contribution in [3.8, 4) is 21.1 Å². The van der Waals surface area contributed by atoms with E-state index >= 15 is 0 Å². The molecule has 4 aliphatic rings. The quantitative estimate of drug-likeness (QED) is 0.00813. The highest BCUT2D eigenvalue weighted by Gasteiger charge is 2.43. The number of carbonyl (C=O) groups excluding carboxylic acids is 3. The van der Waals surface area contributed by atoms with Crippen molar-refractivity contribution in [2.45, 2.75) is 68.6 Å². The zero-order chi connectivity index (χ0) is 74.8. The molecule has 4 aromatic carbocycles. The number of nitrogens with one attached hydrogen (secondary N) is 3. The van der Waals surface area contributed by atoms with E-state index in [1.165, 1.54) is 77.8 Å². The number of aryl methyl sites for hydroxylation is 2. The molecule has 546 valence electrons. The van der Waals surface area contributed by atoms with Crippen LogP contribution in [-0.4, -0.2) is 161 Å². The van der Waals surface area contributed by atoms with E-state index in [9.17, 15) is 70.0 Å². The minimum atomic E-state index is -4.51. The lowest BCUT2D eigenvalue weighted by molar-refractivity contribution is -0.153. The number of fused-ring (bicyclic) bond motifs is 4. The van der Waals surface area contributed by atoms with E-state index < -0.39 is 119 Å². The van der Waals surface area contributed by atoms with Crippen LogP contribution in [0.2, 0.25) is 0 Å². The molecule has 0 radical (unpaired) electrons. The fourth-order valence-corrected chi connectivity index (χ4v) is 15.8. The fraction of sp³-hybridized carbons (Fsp3) is 0.354. The Labute approximate surface area is 611 Å². The maximum absolute atomic E-state index is 14.5. The second-order valence-corrected chi connectivity index (χ2v) is 31.3. The second-order valence-electron chi connectivity index (χ2n) is 22.6. The maximum atomic E-state index is 14.5. The number of carboxylic acids is 3. The van der Waals surface area contributed by atoms with Crippen LogP contribution in [0.15, 0.2) is 141 Å². The van der Waals surface area contributed by atoms with Crippen molar-refractivity contribution in [3.05, 3.63) is 143 Å². The Morgan fingerprint density at radius 3 is 1.77 bits per heavy atom. The van der Waals surface area contributed by atoms with Crippen LogP contribution < -0.4 is 26.7 Å². The van der Waals surface area contributed by atoms with Crippen LogP contribution >= 0.6 is 58.8 Å². The van der Waals surface area contributed by atoms with Gasteiger partial charge in [0, 0.05) is 42.8 Å². The van der Waals surface area contributed by atoms with Gasteiger partial charge in [-0.2, -0.15) is 53.0 Å². The molecular formula is C65H71N7O21S9. The summed E-state index contributed by atoms with van der Waals surface area (Å²) in [7, 11) is -15.2. The Kier molecular flexibility index (Phi) is 32.6. The lowest BCUT2D eigenvalue weighted by atomic mass is 9.74. The number of rotatable bonds is 34. The van der Waals surface area contributed by atoms with E-state index in [2.05, 4.69) is 33.6 Å². The number of thioether (sulfide) groups is 2. The molecule has 0 aromatic heterocycles. The number of carbonyl (C=O) groups is 6. The Balaban J connectivity index is 0.00000194. The first-order chi connectivity index (χ1) is 48.4. The molecule has 0 saturated heterocycles. The number of para-hydroxylation sites is 2. The van der Waals surface area contributed by atoms with Crippen LogP contribution in [0.4, 0.5) is 11.4 Å². The topological polar surface area (TPSA) is 461 Å². The van der Waals surface area contributed by atoms with Crippen molar-refractivity contribution in [2.75, 3.05) is 48.4 Å². The molecule has 28 nitrogen and oxygen atoms in total. The Morgan fingerprint density at radius 1 is 0.559 bits per heavy atom. The Bertz CT molecular complexity index is 4850. The molecule has 0 bridgehead atoms.